The van der Waals surface area contributed by atoms with Crippen molar-refractivity contribution >= 4 is 17.3 Å². The summed E-state index contributed by atoms with van der Waals surface area (Å²) in [4.78, 5) is 15.4. The van der Waals surface area contributed by atoms with Crippen molar-refractivity contribution in [2.75, 3.05) is 6.61 Å². The van der Waals surface area contributed by atoms with E-state index >= 15 is 0 Å². The molecule has 1 aromatic heterocycles. The molecule has 1 aromatic carbocycles. The minimum atomic E-state index is -4.44. The van der Waals surface area contributed by atoms with Gasteiger partial charge in [0.25, 0.3) is 0 Å². The lowest BCUT2D eigenvalue weighted by molar-refractivity contribution is -0.142. The number of ether oxygens (including phenoxy) is 1. The Morgan fingerprint density at radius 1 is 1.33 bits per heavy atom. The molecule has 0 atom stereocenters. The van der Waals surface area contributed by atoms with E-state index in [1.807, 2.05) is 0 Å². The summed E-state index contributed by atoms with van der Waals surface area (Å²) in [6.07, 6.45) is -4.48. The van der Waals surface area contributed by atoms with Crippen molar-refractivity contribution in [3.05, 3.63) is 40.9 Å². The molecule has 21 heavy (non-hydrogen) atoms. The Hall–Kier alpha value is -1.89. The Balaban J connectivity index is 2.28. The van der Waals surface area contributed by atoms with E-state index in [4.69, 9.17) is 4.74 Å². The Kier molecular flexibility index (Phi) is 4.62. The predicted octanol–water partition coefficient (Wildman–Crippen LogP) is 3.93. The lowest BCUT2D eigenvalue weighted by atomic mass is 10.1. The van der Waals surface area contributed by atoms with Crippen LogP contribution in [0.2, 0.25) is 0 Å². The number of hydrogen-bond acceptors (Lipinski definition) is 4. The molecule has 3 nitrogen and oxygen atoms in total. The smallest absolute Gasteiger partial charge is 0.417 e. The van der Waals surface area contributed by atoms with E-state index in [2.05, 4.69) is 4.98 Å². The van der Waals surface area contributed by atoms with E-state index in [-0.39, 0.29) is 23.6 Å². The van der Waals surface area contributed by atoms with Crippen LogP contribution in [0.4, 0.5) is 13.2 Å². The summed E-state index contributed by atoms with van der Waals surface area (Å²) >= 11 is 1.07. The summed E-state index contributed by atoms with van der Waals surface area (Å²) in [6, 6.07) is 5.24. The third kappa shape index (κ3) is 3.81. The first-order valence-corrected chi connectivity index (χ1v) is 7.06. The molecule has 0 fully saturated rings. The second kappa shape index (κ2) is 6.26. The van der Waals surface area contributed by atoms with Crippen LogP contribution in [0.15, 0.2) is 29.6 Å². The number of benzene rings is 1. The molecule has 0 aliphatic carbocycles. The molecule has 0 saturated heterocycles. The van der Waals surface area contributed by atoms with E-state index in [1.54, 1.807) is 12.3 Å². The van der Waals surface area contributed by atoms with Crippen LogP contribution in [-0.4, -0.2) is 17.6 Å². The van der Waals surface area contributed by atoms with E-state index in [9.17, 15) is 18.0 Å². The molecular formula is C14H12F3NO2S. The Bertz CT molecular complexity index is 637. The van der Waals surface area contributed by atoms with Crippen LogP contribution in [-0.2, 0) is 22.1 Å². The topological polar surface area (TPSA) is 39.2 Å². The number of aromatic nitrogens is 1. The number of halogens is 3. The fraction of sp³-hybridized carbons (Fsp3) is 0.286. The minimum Gasteiger partial charge on any atom is -0.466 e. The van der Waals surface area contributed by atoms with Crippen LogP contribution < -0.4 is 0 Å². The quantitative estimate of drug-likeness (QED) is 0.802. The second-order valence-corrected chi connectivity index (χ2v) is 5.03. The standard InChI is InChI=1S/C14H12F3NO2S/c1-2-20-12(19)7-9-8-21-13(18-9)10-5-3-4-6-11(10)14(15,16)17/h3-6,8H,2,7H2,1H3. The van der Waals surface area contributed by atoms with Gasteiger partial charge in [-0.3, -0.25) is 4.79 Å². The van der Waals surface area contributed by atoms with Gasteiger partial charge in [0.2, 0.25) is 0 Å². The molecule has 0 N–H and O–H groups in total. The number of nitrogens with zero attached hydrogens (tertiary/aromatic N) is 1. The van der Waals surface area contributed by atoms with Crippen molar-refractivity contribution in [2.24, 2.45) is 0 Å². The highest BCUT2D eigenvalue weighted by Crippen LogP contribution is 2.37. The first-order valence-electron chi connectivity index (χ1n) is 6.18. The van der Waals surface area contributed by atoms with Gasteiger partial charge < -0.3 is 4.74 Å². The first-order chi connectivity index (χ1) is 9.91. The Morgan fingerprint density at radius 2 is 2.05 bits per heavy atom. The van der Waals surface area contributed by atoms with Crippen LogP contribution in [0.5, 0.6) is 0 Å². The molecule has 0 radical (unpaired) electrons. The third-order valence-corrected chi connectivity index (χ3v) is 3.57. The number of rotatable bonds is 4. The largest absolute Gasteiger partial charge is 0.466 e. The van der Waals surface area contributed by atoms with Gasteiger partial charge in [-0.2, -0.15) is 13.2 Å². The minimum absolute atomic E-state index is 0.0186. The van der Waals surface area contributed by atoms with Crippen LogP contribution in [0.25, 0.3) is 10.6 Å². The number of carbonyl (C=O) groups is 1. The van der Waals surface area contributed by atoms with Crippen molar-refractivity contribution in [2.45, 2.75) is 19.5 Å². The molecular weight excluding hydrogens is 303 g/mol. The SMILES string of the molecule is CCOC(=O)Cc1csc(-c2ccccc2C(F)(F)F)n1. The van der Waals surface area contributed by atoms with Gasteiger partial charge in [0.15, 0.2) is 0 Å². The van der Waals surface area contributed by atoms with Crippen molar-refractivity contribution in [3.8, 4) is 10.6 Å². The van der Waals surface area contributed by atoms with Crippen LogP contribution in [0.3, 0.4) is 0 Å². The van der Waals surface area contributed by atoms with Crippen LogP contribution in [0, 0.1) is 0 Å². The molecule has 1 heterocycles. The maximum Gasteiger partial charge on any atom is 0.417 e. The van der Waals surface area contributed by atoms with Gasteiger partial charge in [0.1, 0.15) is 5.01 Å². The molecule has 0 aliphatic rings. The maximum atomic E-state index is 13.0. The summed E-state index contributed by atoms with van der Waals surface area (Å²) in [5, 5.41) is 1.81. The van der Waals surface area contributed by atoms with Gasteiger partial charge in [0, 0.05) is 10.9 Å². The number of hydrogen-bond donors (Lipinski definition) is 0. The van der Waals surface area contributed by atoms with E-state index in [0.29, 0.717) is 5.69 Å². The zero-order valence-corrected chi connectivity index (χ0v) is 11.9. The highest BCUT2D eigenvalue weighted by atomic mass is 32.1. The van der Waals surface area contributed by atoms with E-state index < -0.39 is 17.7 Å². The van der Waals surface area contributed by atoms with Gasteiger partial charge in [-0.25, -0.2) is 4.98 Å². The average molecular weight is 315 g/mol. The van der Waals surface area contributed by atoms with Crippen LogP contribution >= 0.6 is 11.3 Å². The first kappa shape index (κ1) is 15.5. The molecule has 0 amide bonds. The second-order valence-electron chi connectivity index (χ2n) is 4.17. The molecule has 7 heteroatoms. The average Bonchev–Trinajstić information content (AvgIpc) is 2.86. The third-order valence-electron chi connectivity index (χ3n) is 2.65. The number of esters is 1. The Morgan fingerprint density at radius 3 is 2.71 bits per heavy atom. The van der Waals surface area contributed by atoms with E-state index in [1.165, 1.54) is 18.2 Å². The van der Waals surface area contributed by atoms with Gasteiger partial charge in [-0.05, 0) is 13.0 Å². The van der Waals surface area contributed by atoms with Gasteiger partial charge >= 0.3 is 12.1 Å². The van der Waals surface area contributed by atoms with Gasteiger partial charge in [-0.15, -0.1) is 11.3 Å². The number of alkyl halides is 3. The highest BCUT2D eigenvalue weighted by Gasteiger charge is 2.34. The highest BCUT2D eigenvalue weighted by molar-refractivity contribution is 7.13. The van der Waals surface area contributed by atoms with Crippen LogP contribution in [0.1, 0.15) is 18.2 Å². The molecule has 0 saturated carbocycles. The van der Waals surface area contributed by atoms with Gasteiger partial charge in [-0.1, -0.05) is 18.2 Å². The zero-order chi connectivity index (χ0) is 15.5. The molecule has 0 spiro atoms. The summed E-state index contributed by atoms with van der Waals surface area (Å²) < 4.78 is 43.6. The monoisotopic (exact) mass is 315 g/mol. The molecule has 0 aliphatic heterocycles. The van der Waals surface area contributed by atoms with Crippen molar-refractivity contribution < 1.29 is 22.7 Å². The van der Waals surface area contributed by atoms with Gasteiger partial charge in [0.05, 0.1) is 24.3 Å². The summed E-state index contributed by atoms with van der Waals surface area (Å²) in [5.74, 6) is -0.446. The fourth-order valence-electron chi connectivity index (χ4n) is 1.79. The summed E-state index contributed by atoms with van der Waals surface area (Å²) in [7, 11) is 0. The molecule has 2 aromatic rings. The molecule has 0 bridgehead atoms. The molecule has 0 unspecified atom stereocenters. The van der Waals surface area contributed by atoms with E-state index in [0.717, 1.165) is 17.4 Å². The van der Waals surface area contributed by atoms with Crippen molar-refractivity contribution in [3.63, 3.8) is 0 Å². The summed E-state index contributed by atoms with van der Waals surface area (Å²) in [5.41, 5.74) is -0.308. The normalized spacial score (nSPS) is 11.4. The maximum absolute atomic E-state index is 13.0. The molecule has 112 valence electrons. The Labute approximate surface area is 123 Å². The van der Waals surface area contributed by atoms with Crippen molar-refractivity contribution in [1.82, 2.24) is 4.98 Å². The fourth-order valence-corrected chi connectivity index (χ4v) is 2.65. The lowest BCUT2D eigenvalue weighted by Gasteiger charge is -2.10. The summed E-state index contributed by atoms with van der Waals surface area (Å²) in [6.45, 7) is 1.94. The number of carbonyl (C=O) groups excluding carboxylic acids is 1. The lowest BCUT2D eigenvalue weighted by Crippen LogP contribution is -2.08. The number of thiazole rings is 1. The molecule has 2 rings (SSSR count). The zero-order valence-electron chi connectivity index (χ0n) is 11.1. The predicted molar refractivity (Wildman–Crippen MR) is 72.9 cm³/mol. The van der Waals surface area contributed by atoms with Crippen molar-refractivity contribution in [1.29, 1.82) is 0 Å².